The van der Waals surface area contributed by atoms with Gasteiger partial charge in [0.2, 0.25) is 10.0 Å². The molecule has 25 heavy (non-hydrogen) atoms. The van der Waals surface area contributed by atoms with E-state index in [0.29, 0.717) is 43.6 Å². The van der Waals surface area contributed by atoms with E-state index in [1.807, 2.05) is 25.1 Å². The number of nitrogens with zero attached hydrogens (tertiary/aromatic N) is 1. The lowest BCUT2D eigenvalue weighted by molar-refractivity contribution is 0.354. The normalized spacial score (nSPS) is 11.9. The number of hydrogen-bond donors (Lipinski definition) is 3. The Balaban J connectivity index is 2.63. The highest BCUT2D eigenvalue weighted by molar-refractivity contribution is 7.89. The number of guanidine groups is 1. The molecule has 3 N–H and O–H groups in total. The maximum atomic E-state index is 11.4. The Bertz CT molecular complexity index is 662. The van der Waals surface area contributed by atoms with Crippen molar-refractivity contribution in [1.82, 2.24) is 15.4 Å². The first kappa shape index (κ1) is 21.0. The van der Waals surface area contributed by atoms with Crippen molar-refractivity contribution in [3.63, 3.8) is 0 Å². The second-order valence-electron chi connectivity index (χ2n) is 5.11. The Hall–Kier alpha value is -2.00. The van der Waals surface area contributed by atoms with Gasteiger partial charge in [0.25, 0.3) is 0 Å². The van der Waals surface area contributed by atoms with Gasteiger partial charge >= 0.3 is 0 Å². The minimum absolute atomic E-state index is 0.0699. The molecule has 0 aliphatic rings. The van der Waals surface area contributed by atoms with E-state index in [9.17, 15) is 8.42 Å². The van der Waals surface area contributed by atoms with Gasteiger partial charge in [0.15, 0.2) is 17.5 Å². The molecular formula is C16H28N4O4S. The summed E-state index contributed by atoms with van der Waals surface area (Å²) in [6.07, 6.45) is 0. The average molecular weight is 372 g/mol. The van der Waals surface area contributed by atoms with E-state index in [2.05, 4.69) is 20.3 Å². The molecule has 0 heterocycles. The van der Waals surface area contributed by atoms with Gasteiger partial charge in [-0.25, -0.2) is 18.1 Å². The SMILES string of the molecule is CCNC(=NCc1ccc(OC)c(OC)c1)NCCNS(=O)(=O)CC. The lowest BCUT2D eigenvalue weighted by atomic mass is 10.2. The number of rotatable bonds is 10. The van der Waals surface area contributed by atoms with Crippen LogP contribution in [-0.4, -0.2) is 54.0 Å². The third-order valence-corrected chi connectivity index (χ3v) is 4.74. The molecule has 0 aliphatic carbocycles. The lowest BCUT2D eigenvalue weighted by Gasteiger charge is -2.12. The highest BCUT2D eigenvalue weighted by Crippen LogP contribution is 2.27. The summed E-state index contributed by atoms with van der Waals surface area (Å²) in [7, 11) is 0.00870. The molecule has 0 radical (unpaired) electrons. The van der Waals surface area contributed by atoms with E-state index in [1.54, 1.807) is 21.1 Å². The maximum Gasteiger partial charge on any atom is 0.211 e. The van der Waals surface area contributed by atoms with E-state index >= 15 is 0 Å². The third kappa shape index (κ3) is 7.61. The predicted octanol–water partition coefficient (Wildman–Crippen LogP) is 0.698. The van der Waals surface area contributed by atoms with Gasteiger partial charge in [-0.1, -0.05) is 6.07 Å². The molecule has 0 fully saturated rings. The van der Waals surface area contributed by atoms with Crippen molar-refractivity contribution in [3.8, 4) is 11.5 Å². The summed E-state index contributed by atoms with van der Waals surface area (Å²) >= 11 is 0. The van der Waals surface area contributed by atoms with Crippen molar-refractivity contribution in [2.75, 3.05) is 39.6 Å². The zero-order valence-corrected chi connectivity index (χ0v) is 16.1. The van der Waals surface area contributed by atoms with Gasteiger partial charge in [0.1, 0.15) is 0 Å². The monoisotopic (exact) mass is 372 g/mol. The molecule has 0 spiro atoms. The molecule has 0 bridgehead atoms. The number of methoxy groups -OCH3 is 2. The van der Waals surface area contributed by atoms with Gasteiger partial charge in [0, 0.05) is 19.6 Å². The molecule has 0 aliphatic heterocycles. The molecule has 1 aromatic rings. The van der Waals surface area contributed by atoms with Crippen LogP contribution in [0.4, 0.5) is 0 Å². The van der Waals surface area contributed by atoms with Gasteiger partial charge in [-0.2, -0.15) is 0 Å². The summed E-state index contributed by atoms with van der Waals surface area (Å²) in [5.74, 6) is 2.01. The summed E-state index contributed by atoms with van der Waals surface area (Å²) in [5, 5.41) is 6.22. The van der Waals surface area contributed by atoms with E-state index < -0.39 is 10.0 Å². The Morgan fingerprint density at radius 1 is 1.08 bits per heavy atom. The molecule has 1 rings (SSSR count). The Morgan fingerprint density at radius 3 is 2.40 bits per heavy atom. The summed E-state index contributed by atoms with van der Waals surface area (Å²) in [5.41, 5.74) is 0.974. The second kappa shape index (κ2) is 10.8. The summed E-state index contributed by atoms with van der Waals surface area (Å²) < 4.78 is 35.8. The molecule has 0 atom stereocenters. The van der Waals surface area contributed by atoms with Gasteiger partial charge in [-0.3, -0.25) is 0 Å². The minimum atomic E-state index is -3.18. The average Bonchev–Trinajstić information content (AvgIpc) is 2.62. The van der Waals surface area contributed by atoms with E-state index in [4.69, 9.17) is 9.47 Å². The number of sulfonamides is 1. The number of hydrogen-bond acceptors (Lipinski definition) is 5. The summed E-state index contributed by atoms with van der Waals surface area (Å²) in [4.78, 5) is 4.49. The Morgan fingerprint density at radius 2 is 1.80 bits per heavy atom. The fourth-order valence-corrected chi connectivity index (χ4v) is 2.60. The molecule has 0 saturated carbocycles. The van der Waals surface area contributed by atoms with Crippen LogP contribution in [-0.2, 0) is 16.6 Å². The van der Waals surface area contributed by atoms with Crippen molar-refractivity contribution in [2.45, 2.75) is 20.4 Å². The summed E-state index contributed by atoms with van der Waals surface area (Å²) in [6.45, 7) is 5.47. The Kier molecular flexibility index (Phi) is 9.07. The van der Waals surface area contributed by atoms with Gasteiger partial charge < -0.3 is 20.1 Å². The van der Waals surface area contributed by atoms with Crippen LogP contribution in [0.1, 0.15) is 19.4 Å². The zero-order valence-electron chi connectivity index (χ0n) is 15.3. The smallest absolute Gasteiger partial charge is 0.211 e. The van der Waals surface area contributed by atoms with Crippen molar-refractivity contribution in [2.24, 2.45) is 4.99 Å². The molecule has 142 valence electrons. The van der Waals surface area contributed by atoms with Gasteiger partial charge in [-0.05, 0) is 31.5 Å². The second-order valence-corrected chi connectivity index (χ2v) is 7.20. The molecule has 0 aromatic heterocycles. The standard InChI is InChI=1S/C16H28N4O4S/c1-5-17-16(18-9-10-20-25(21,22)6-2)19-12-13-7-8-14(23-3)15(11-13)24-4/h7-8,11,20H,5-6,9-10,12H2,1-4H3,(H2,17,18,19). The maximum absolute atomic E-state index is 11.4. The fraction of sp³-hybridized carbons (Fsp3) is 0.562. The van der Waals surface area contributed by atoms with Crippen LogP contribution in [0, 0.1) is 0 Å². The van der Waals surface area contributed by atoms with Crippen LogP contribution >= 0.6 is 0 Å². The number of ether oxygens (including phenoxy) is 2. The van der Waals surface area contributed by atoms with Crippen LogP contribution in [0.15, 0.2) is 23.2 Å². The molecule has 0 saturated heterocycles. The summed E-state index contributed by atoms with van der Waals surface area (Å²) in [6, 6.07) is 5.63. The van der Waals surface area contributed by atoms with Gasteiger partial charge in [-0.15, -0.1) is 0 Å². The molecule has 8 nitrogen and oxygen atoms in total. The predicted molar refractivity (Wildman–Crippen MR) is 99.8 cm³/mol. The van der Waals surface area contributed by atoms with Crippen molar-refractivity contribution < 1.29 is 17.9 Å². The Labute approximate surface area is 150 Å². The topological polar surface area (TPSA) is 101 Å². The van der Waals surface area contributed by atoms with Crippen molar-refractivity contribution >= 4 is 16.0 Å². The highest BCUT2D eigenvalue weighted by atomic mass is 32.2. The molecule has 0 unspecified atom stereocenters. The van der Waals surface area contributed by atoms with Gasteiger partial charge in [0.05, 0.1) is 26.5 Å². The van der Waals surface area contributed by atoms with Crippen LogP contribution < -0.4 is 24.8 Å². The van der Waals surface area contributed by atoms with E-state index in [0.717, 1.165) is 5.56 Å². The molecule has 1 aromatic carbocycles. The van der Waals surface area contributed by atoms with Crippen molar-refractivity contribution in [1.29, 1.82) is 0 Å². The van der Waals surface area contributed by atoms with Crippen LogP contribution in [0.25, 0.3) is 0 Å². The first-order valence-electron chi connectivity index (χ1n) is 8.16. The first-order chi connectivity index (χ1) is 12.0. The number of nitrogens with one attached hydrogen (secondary N) is 3. The van der Waals surface area contributed by atoms with Crippen molar-refractivity contribution in [3.05, 3.63) is 23.8 Å². The van der Waals surface area contributed by atoms with Crippen LogP contribution in [0.5, 0.6) is 11.5 Å². The minimum Gasteiger partial charge on any atom is -0.493 e. The van der Waals surface area contributed by atoms with Crippen LogP contribution in [0.2, 0.25) is 0 Å². The lowest BCUT2D eigenvalue weighted by Crippen LogP contribution is -2.41. The number of aliphatic imine (C=N–C) groups is 1. The van der Waals surface area contributed by atoms with E-state index in [1.165, 1.54) is 0 Å². The van der Waals surface area contributed by atoms with Crippen LogP contribution in [0.3, 0.4) is 0 Å². The number of benzene rings is 1. The molecule has 9 heteroatoms. The first-order valence-corrected chi connectivity index (χ1v) is 9.81. The largest absolute Gasteiger partial charge is 0.493 e. The quantitative estimate of drug-likeness (QED) is 0.317. The molecular weight excluding hydrogens is 344 g/mol. The highest BCUT2D eigenvalue weighted by Gasteiger charge is 2.06. The third-order valence-electron chi connectivity index (χ3n) is 3.33. The fourth-order valence-electron chi connectivity index (χ4n) is 1.98. The molecule has 0 amide bonds. The van der Waals surface area contributed by atoms with E-state index in [-0.39, 0.29) is 5.75 Å². The zero-order chi connectivity index (χ0) is 18.7.